The first-order valence-electron chi connectivity index (χ1n) is 13.5. The van der Waals surface area contributed by atoms with Gasteiger partial charge in [0.1, 0.15) is 27.9 Å². The molecule has 2 aliphatic heterocycles. The number of hydrogen-bond acceptors (Lipinski definition) is 9. The molecular formula is C31H25ClN4O7. The topological polar surface area (TPSA) is 142 Å². The summed E-state index contributed by atoms with van der Waals surface area (Å²) in [4.78, 5) is 62.1. The Morgan fingerprint density at radius 2 is 1.84 bits per heavy atom. The monoisotopic (exact) mass is 600 g/mol. The predicted octanol–water partition coefficient (Wildman–Crippen LogP) is 3.73. The van der Waals surface area contributed by atoms with Crippen molar-refractivity contribution in [1.82, 2.24) is 14.5 Å². The molecular weight excluding hydrogens is 576 g/mol. The van der Waals surface area contributed by atoms with Crippen molar-refractivity contribution in [2.75, 3.05) is 19.5 Å². The number of allylic oxidation sites excluding steroid dienone is 1. The summed E-state index contributed by atoms with van der Waals surface area (Å²) in [6.07, 6.45) is 1.87. The number of ether oxygens (including phenoxy) is 3. The van der Waals surface area contributed by atoms with E-state index < -0.39 is 40.3 Å². The number of anilines is 1. The van der Waals surface area contributed by atoms with Crippen molar-refractivity contribution in [3.63, 3.8) is 0 Å². The molecule has 218 valence electrons. The fourth-order valence-corrected chi connectivity index (χ4v) is 6.84. The second-order valence-corrected chi connectivity index (χ2v) is 11.3. The molecule has 2 aromatic heterocycles. The molecule has 4 heterocycles. The minimum Gasteiger partial charge on any atom is -0.496 e. The molecule has 4 aromatic rings. The summed E-state index contributed by atoms with van der Waals surface area (Å²) < 4.78 is 18.5. The van der Waals surface area contributed by atoms with E-state index in [1.54, 1.807) is 31.3 Å². The van der Waals surface area contributed by atoms with Crippen molar-refractivity contribution in [2.24, 2.45) is 13.0 Å². The number of pyridine rings is 1. The van der Waals surface area contributed by atoms with Crippen LogP contribution in [0.25, 0.3) is 10.9 Å². The maximum absolute atomic E-state index is 14.9. The Morgan fingerprint density at radius 1 is 1.07 bits per heavy atom. The fourth-order valence-electron chi connectivity index (χ4n) is 6.57. The number of aromatic nitrogens is 3. The number of H-pyrrole nitrogens is 1. The Balaban J connectivity index is 1.48. The van der Waals surface area contributed by atoms with E-state index in [0.717, 1.165) is 10.9 Å². The maximum Gasteiger partial charge on any atom is 0.329 e. The molecule has 1 unspecified atom stereocenters. The van der Waals surface area contributed by atoms with Crippen molar-refractivity contribution in [3.05, 3.63) is 96.4 Å². The molecule has 0 fully saturated rings. The summed E-state index contributed by atoms with van der Waals surface area (Å²) in [5, 5.41) is 4.03. The normalized spacial score (nSPS) is 22.2. The zero-order valence-corrected chi connectivity index (χ0v) is 24.3. The van der Waals surface area contributed by atoms with E-state index in [1.165, 1.54) is 31.9 Å². The number of nitrogens with one attached hydrogen (secondary N) is 2. The number of aromatic amines is 1. The van der Waals surface area contributed by atoms with Crippen LogP contribution in [0.15, 0.2) is 63.5 Å². The van der Waals surface area contributed by atoms with Crippen molar-refractivity contribution in [2.45, 2.75) is 24.9 Å². The number of Topliss-reactive ketones (excluding diaryl/α,β-unsaturated/α-hetero) is 2. The van der Waals surface area contributed by atoms with E-state index in [0.29, 0.717) is 11.3 Å². The van der Waals surface area contributed by atoms with Crippen LogP contribution in [0.2, 0.25) is 5.02 Å². The minimum absolute atomic E-state index is 0.00450. The lowest BCUT2D eigenvalue weighted by Gasteiger charge is -2.42. The van der Waals surface area contributed by atoms with Crippen molar-refractivity contribution < 1.29 is 23.8 Å². The van der Waals surface area contributed by atoms with Gasteiger partial charge in [-0.1, -0.05) is 30.7 Å². The number of halogens is 1. The Labute approximate surface area is 249 Å². The molecule has 3 aliphatic rings. The highest BCUT2D eigenvalue weighted by molar-refractivity contribution is 6.36. The summed E-state index contributed by atoms with van der Waals surface area (Å²) in [7, 11) is 4.36. The highest BCUT2D eigenvalue weighted by Gasteiger charge is 2.63. The SMILES string of the molecule is COc1cc(OC)c2c(c1Cl)O[C@@]1(C(=O)C3=C(C[C@H]1C)Nc1c(c(=O)[nH]c(=O)n1C)C3c1ccc3ncccc3c1)C2=O. The molecule has 1 spiro atoms. The van der Waals surface area contributed by atoms with E-state index in [4.69, 9.17) is 25.8 Å². The lowest BCUT2D eigenvalue weighted by Crippen LogP contribution is -2.58. The molecule has 11 nitrogen and oxygen atoms in total. The van der Waals surface area contributed by atoms with Crippen LogP contribution < -0.4 is 30.8 Å². The zero-order valence-electron chi connectivity index (χ0n) is 23.5. The third-order valence-electron chi connectivity index (χ3n) is 8.70. The van der Waals surface area contributed by atoms with Gasteiger partial charge in [0.2, 0.25) is 17.2 Å². The number of fused-ring (bicyclic) bond motifs is 3. The summed E-state index contributed by atoms with van der Waals surface area (Å²) in [5.41, 5.74) is -0.982. The van der Waals surface area contributed by atoms with Gasteiger partial charge in [-0.3, -0.25) is 28.9 Å². The summed E-state index contributed by atoms with van der Waals surface area (Å²) >= 11 is 6.61. The highest BCUT2D eigenvalue weighted by Crippen LogP contribution is 2.56. The lowest BCUT2D eigenvalue weighted by molar-refractivity contribution is -0.130. The quantitative estimate of drug-likeness (QED) is 0.336. The maximum atomic E-state index is 14.9. The van der Waals surface area contributed by atoms with E-state index in [9.17, 15) is 19.2 Å². The van der Waals surface area contributed by atoms with Crippen molar-refractivity contribution in [1.29, 1.82) is 0 Å². The van der Waals surface area contributed by atoms with Gasteiger partial charge in [0.05, 0.1) is 25.3 Å². The Kier molecular flexibility index (Phi) is 5.83. The first-order chi connectivity index (χ1) is 20.6. The van der Waals surface area contributed by atoms with Crippen LogP contribution in [-0.2, 0) is 11.8 Å². The number of carbonyl (C=O) groups is 2. The Morgan fingerprint density at radius 3 is 2.58 bits per heavy atom. The van der Waals surface area contributed by atoms with Crippen molar-refractivity contribution in [3.8, 4) is 17.2 Å². The standard InChI is InChI=1S/C31H25ClN4O7/c1-13-10-17-21(26(37)31(13)27(38)22-18(41-3)12-19(42-4)24(32)25(22)43-31)20(15-7-8-16-14(11-15)6-5-9-33-16)23-28(34-17)36(2)30(40)35-29(23)39/h5-9,11-13,20,34H,10H2,1-4H3,(H,35,39,40)/t13-,20?,31+/m1/s1. The first-order valence-corrected chi connectivity index (χ1v) is 13.9. The lowest BCUT2D eigenvalue weighted by atomic mass is 9.66. The average Bonchev–Trinajstić information content (AvgIpc) is 3.32. The molecule has 43 heavy (non-hydrogen) atoms. The molecule has 0 amide bonds. The summed E-state index contributed by atoms with van der Waals surface area (Å²) in [6, 6.07) is 10.6. The number of benzene rings is 2. The Bertz CT molecular complexity index is 2080. The Hall–Kier alpha value is -4.90. The number of hydrogen-bond donors (Lipinski definition) is 2. The van der Waals surface area contributed by atoms with Gasteiger partial charge in [-0.05, 0) is 30.2 Å². The fraction of sp³-hybridized carbons (Fsp3) is 0.258. The molecule has 2 N–H and O–H groups in total. The van der Waals surface area contributed by atoms with Crippen LogP contribution in [-0.4, -0.2) is 45.9 Å². The van der Waals surface area contributed by atoms with Gasteiger partial charge in [-0.15, -0.1) is 0 Å². The second kappa shape index (κ2) is 9.30. The molecule has 1 aliphatic carbocycles. The molecule has 12 heteroatoms. The first kappa shape index (κ1) is 27.0. The molecule has 0 radical (unpaired) electrons. The van der Waals surface area contributed by atoms with E-state index in [1.807, 2.05) is 12.1 Å². The molecule has 3 atom stereocenters. The van der Waals surface area contributed by atoms with Gasteiger partial charge in [0, 0.05) is 47.8 Å². The zero-order chi connectivity index (χ0) is 30.4. The summed E-state index contributed by atoms with van der Waals surface area (Å²) in [6.45, 7) is 1.74. The number of nitrogens with zero attached hydrogens (tertiary/aromatic N) is 2. The predicted molar refractivity (Wildman–Crippen MR) is 158 cm³/mol. The highest BCUT2D eigenvalue weighted by atomic mass is 35.5. The van der Waals surface area contributed by atoms with E-state index in [-0.39, 0.29) is 51.2 Å². The largest absolute Gasteiger partial charge is 0.496 e. The van der Waals surface area contributed by atoms with E-state index >= 15 is 0 Å². The van der Waals surface area contributed by atoms with Crippen LogP contribution >= 0.6 is 11.6 Å². The van der Waals surface area contributed by atoms with Gasteiger partial charge in [-0.2, -0.15) is 0 Å². The average molecular weight is 601 g/mol. The van der Waals surface area contributed by atoms with Gasteiger partial charge in [0.25, 0.3) is 5.56 Å². The number of carbonyl (C=O) groups excluding carboxylic acids is 2. The third kappa shape index (κ3) is 3.51. The summed E-state index contributed by atoms with van der Waals surface area (Å²) in [5.74, 6) is -2.13. The van der Waals surface area contributed by atoms with Crippen LogP contribution in [0, 0.1) is 5.92 Å². The van der Waals surface area contributed by atoms with Crippen LogP contribution in [0.5, 0.6) is 17.2 Å². The van der Waals surface area contributed by atoms with Gasteiger partial charge in [-0.25, -0.2) is 4.79 Å². The molecule has 7 rings (SSSR count). The molecule has 0 saturated carbocycles. The van der Waals surface area contributed by atoms with Gasteiger partial charge in [0.15, 0.2) is 5.75 Å². The smallest absolute Gasteiger partial charge is 0.329 e. The van der Waals surface area contributed by atoms with Gasteiger partial charge >= 0.3 is 5.69 Å². The van der Waals surface area contributed by atoms with Crippen LogP contribution in [0.3, 0.4) is 0 Å². The number of ketones is 2. The minimum atomic E-state index is -1.98. The third-order valence-corrected chi connectivity index (χ3v) is 9.06. The molecule has 2 aromatic carbocycles. The van der Waals surface area contributed by atoms with E-state index in [2.05, 4.69) is 15.3 Å². The number of methoxy groups -OCH3 is 2. The van der Waals surface area contributed by atoms with Crippen molar-refractivity contribution >= 4 is 39.9 Å². The van der Waals surface area contributed by atoms with Crippen LogP contribution in [0.4, 0.5) is 5.82 Å². The van der Waals surface area contributed by atoms with Crippen LogP contribution in [0.1, 0.15) is 40.7 Å². The number of rotatable bonds is 3. The molecule has 0 bridgehead atoms. The molecule has 0 saturated heterocycles. The second-order valence-electron chi connectivity index (χ2n) is 10.9. The van der Waals surface area contributed by atoms with Gasteiger partial charge < -0.3 is 19.5 Å².